The van der Waals surface area contributed by atoms with Gasteiger partial charge in [0.25, 0.3) is 0 Å². The Hall–Kier alpha value is -2.14. The zero-order valence-electron chi connectivity index (χ0n) is 10.8. The number of hydrogen-bond acceptors (Lipinski definition) is 4. The van der Waals surface area contributed by atoms with Gasteiger partial charge in [0.15, 0.2) is 0 Å². The molecule has 2 rings (SSSR count). The topological polar surface area (TPSA) is 68.3 Å². The zero-order chi connectivity index (χ0) is 13.7. The monoisotopic (exact) mass is 260 g/mol. The van der Waals surface area contributed by atoms with E-state index in [1.165, 1.54) is 17.2 Å². The first-order valence-corrected chi connectivity index (χ1v) is 6.21. The Kier molecular flexibility index (Phi) is 4.30. The van der Waals surface area contributed by atoms with E-state index in [0.717, 1.165) is 13.0 Å². The smallest absolute Gasteiger partial charge is 0.404 e. The largest absolute Gasteiger partial charge is 0.433 e. The molecule has 0 aliphatic carbocycles. The average molecular weight is 260 g/mol. The van der Waals surface area contributed by atoms with Crippen LogP contribution in [0.15, 0.2) is 40.8 Å². The van der Waals surface area contributed by atoms with Gasteiger partial charge in [-0.2, -0.15) is 0 Å². The highest BCUT2D eigenvalue weighted by Gasteiger charge is 2.11. The predicted molar refractivity (Wildman–Crippen MR) is 71.7 cm³/mol. The van der Waals surface area contributed by atoms with Crippen LogP contribution in [-0.2, 0) is 19.5 Å². The van der Waals surface area contributed by atoms with Gasteiger partial charge in [-0.05, 0) is 23.6 Å². The molecule has 0 radical (unpaired) electrons. The Bertz CT molecular complexity index is 563. The van der Waals surface area contributed by atoms with Crippen LogP contribution < -0.4 is 5.32 Å². The fraction of sp³-hybridized carbons (Fsp3) is 0.286. The molecule has 5 heteroatoms. The Labute approximate surface area is 111 Å². The lowest BCUT2D eigenvalue weighted by Crippen LogP contribution is -2.13. The summed E-state index contributed by atoms with van der Waals surface area (Å²) in [5, 5.41) is 13.7. The summed E-state index contributed by atoms with van der Waals surface area (Å²) in [6, 6.07) is 11.2. The van der Waals surface area contributed by atoms with Gasteiger partial charge in [0.05, 0.1) is 12.6 Å². The molecule has 0 unspecified atom stereocenters. The summed E-state index contributed by atoms with van der Waals surface area (Å²) in [6.07, 6.45) is 0.990. The second kappa shape index (κ2) is 6.15. The van der Waals surface area contributed by atoms with Crippen molar-refractivity contribution < 1.29 is 9.34 Å². The van der Waals surface area contributed by atoms with Crippen LogP contribution in [0.1, 0.15) is 23.8 Å². The van der Waals surface area contributed by atoms with E-state index in [1.807, 2.05) is 12.1 Å². The third-order valence-electron chi connectivity index (χ3n) is 2.94. The predicted octanol–water partition coefficient (Wildman–Crippen LogP) is 3.04. The minimum atomic E-state index is -0.532. The molecule has 2 aromatic rings. The fourth-order valence-corrected chi connectivity index (χ4v) is 1.95. The van der Waals surface area contributed by atoms with Crippen molar-refractivity contribution in [2.45, 2.75) is 26.4 Å². The van der Waals surface area contributed by atoms with Crippen molar-refractivity contribution in [2.24, 2.45) is 0 Å². The van der Waals surface area contributed by atoms with E-state index in [9.17, 15) is 10.1 Å². The number of furan rings is 1. The van der Waals surface area contributed by atoms with E-state index in [4.69, 9.17) is 4.42 Å². The SMILES string of the molecule is CCc1ccccc1CNCc1ccc([N+](=O)[O-])o1. The molecule has 1 aromatic heterocycles. The van der Waals surface area contributed by atoms with E-state index < -0.39 is 4.92 Å². The summed E-state index contributed by atoms with van der Waals surface area (Å²) < 4.78 is 5.08. The molecule has 0 aliphatic rings. The van der Waals surface area contributed by atoms with Gasteiger partial charge in [-0.15, -0.1) is 0 Å². The maximum Gasteiger partial charge on any atom is 0.433 e. The molecule has 0 saturated heterocycles. The molecule has 0 spiro atoms. The molecule has 1 N–H and O–H groups in total. The summed E-state index contributed by atoms with van der Waals surface area (Å²) in [6.45, 7) is 3.32. The van der Waals surface area contributed by atoms with Crippen LogP contribution in [0.3, 0.4) is 0 Å². The molecule has 0 bridgehead atoms. The second-order valence-electron chi connectivity index (χ2n) is 4.22. The van der Waals surface area contributed by atoms with Crippen molar-refractivity contribution in [3.63, 3.8) is 0 Å². The maximum atomic E-state index is 10.5. The third kappa shape index (κ3) is 3.42. The first-order chi connectivity index (χ1) is 9.20. The molecule has 1 heterocycles. The number of rotatable bonds is 6. The summed E-state index contributed by atoms with van der Waals surface area (Å²) in [5.74, 6) is 0.353. The highest BCUT2D eigenvalue weighted by Crippen LogP contribution is 2.15. The van der Waals surface area contributed by atoms with Crippen LogP contribution in [0.4, 0.5) is 5.88 Å². The normalized spacial score (nSPS) is 10.6. The molecule has 0 amide bonds. The quantitative estimate of drug-likeness (QED) is 0.640. The third-order valence-corrected chi connectivity index (χ3v) is 2.94. The lowest BCUT2D eigenvalue weighted by molar-refractivity contribution is -0.402. The molecule has 0 atom stereocenters. The van der Waals surface area contributed by atoms with Crippen LogP contribution in [-0.4, -0.2) is 4.92 Å². The van der Waals surface area contributed by atoms with Gasteiger partial charge in [-0.3, -0.25) is 10.1 Å². The lowest BCUT2D eigenvalue weighted by Gasteiger charge is -2.07. The molecule has 1 aromatic carbocycles. The van der Waals surface area contributed by atoms with Crippen LogP contribution in [0.2, 0.25) is 0 Å². The Morgan fingerprint density at radius 1 is 1.16 bits per heavy atom. The van der Waals surface area contributed by atoms with Gasteiger partial charge in [-0.25, -0.2) is 0 Å². The Morgan fingerprint density at radius 3 is 2.53 bits per heavy atom. The minimum Gasteiger partial charge on any atom is -0.404 e. The average Bonchev–Trinajstić information content (AvgIpc) is 2.88. The number of nitrogens with zero attached hydrogens (tertiary/aromatic N) is 1. The van der Waals surface area contributed by atoms with Gasteiger partial charge >= 0.3 is 5.88 Å². The van der Waals surface area contributed by atoms with Crippen molar-refractivity contribution in [3.8, 4) is 0 Å². The number of nitrogens with one attached hydrogen (secondary N) is 1. The van der Waals surface area contributed by atoms with Gasteiger partial charge < -0.3 is 9.73 Å². The van der Waals surface area contributed by atoms with E-state index in [1.54, 1.807) is 6.07 Å². The van der Waals surface area contributed by atoms with Gasteiger partial charge in [0.2, 0.25) is 0 Å². The first kappa shape index (κ1) is 13.3. The van der Waals surface area contributed by atoms with Crippen molar-refractivity contribution >= 4 is 5.88 Å². The second-order valence-corrected chi connectivity index (χ2v) is 4.22. The Balaban J connectivity index is 1.90. The standard InChI is InChI=1S/C14H16N2O3/c1-2-11-5-3-4-6-12(11)9-15-10-13-7-8-14(19-13)16(17)18/h3-8,15H,2,9-10H2,1H3. The van der Waals surface area contributed by atoms with E-state index >= 15 is 0 Å². The molecule has 0 aliphatic heterocycles. The summed E-state index contributed by atoms with van der Waals surface area (Å²) in [7, 11) is 0. The summed E-state index contributed by atoms with van der Waals surface area (Å²) >= 11 is 0. The van der Waals surface area contributed by atoms with E-state index in [2.05, 4.69) is 24.4 Å². The van der Waals surface area contributed by atoms with Gasteiger partial charge in [0, 0.05) is 6.54 Å². The zero-order valence-corrected chi connectivity index (χ0v) is 10.8. The highest BCUT2D eigenvalue weighted by atomic mass is 16.6. The van der Waals surface area contributed by atoms with E-state index in [-0.39, 0.29) is 5.88 Å². The summed E-state index contributed by atoms with van der Waals surface area (Å²) in [5.41, 5.74) is 2.55. The summed E-state index contributed by atoms with van der Waals surface area (Å²) in [4.78, 5) is 9.95. The van der Waals surface area contributed by atoms with Gasteiger partial charge in [-0.1, -0.05) is 31.2 Å². The number of nitro groups is 1. The van der Waals surface area contributed by atoms with Crippen LogP contribution in [0.25, 0.3) is 0 Å². The molecule has 0 saturated carbocycles. The molecule has 100 valence electrons. The number of aryl methyl sites for hydroxylation is 1. The van der Waals surface area contributed by atoms with E-state index in [0.29, 0.717) is 12.3 Å². The van der Waals surface area contributed by atoms with Crippen LogP contribution in [0.5, 0.6) is 0 Å². The van der Waals surface area contributed by atoms with Crippen LogP contribution in [0, 0.1) is 10.1 Å². The Morgan fingerprint density at radius 2 is 1.89 bits per heavy atom. The number of hydrogen-bond donors (Lipinski definition) is 1. The maximum absolute atomic E-state index is 10.5. The van der Waals surface area contributed by atoms with Crippen LogP contribution >= 0.6 is 0 Å². The fourth-order valence-electron chi connectivity index (χ4n) is 1.95. The molecular weight excluding hydrogens is 244 g/mol. The van der Waals surface area contributed by atoms with Crippen molar-refractivity contribution in [2.75, 3.05) is 0 Å². The van der Waals surface area contributed by atoms with Crippen molar-refractivity contribution in [3.05, 3.63) is 63.4 Å². The van der Waals surface area contributed by atoms with Gasteiger partial charge in [0.1, 0.15) is 10.7 Å². The molecule has 0 fully saturated rings. The van der Waals surface area contributed by atoms with Crippen molar-refractivity contribution in [1.29, 1.82) is 0 Å². The first-order valence-electron chi connectivity index (χ1n) is 6.21. The molecule has 19 heavy (non-hydrogen) atoms. The molecule has 5 nitrogen and oxygen atoms in total. The lowest BCUT2D eigenvalue weighted by atomic mass is 10.1. The highest BCUT2D eigenvalue weighted by molar-refractivity contribution is 5.27. The molecular formula is C14H16N2O3. The number of benzene rings is 1. The minimum absolute atomic E-state index is 0.217. The van der Waals surface area contributed by atoms with Crippen molar-refractivity contribution in [1.82, 2.24) is 5.32 Å².